The Morgan fingerprint density at radius 1 is 1.40 bits per heavy atom. The number of carboxylic acid groups (broad SMARTS) is 1. The van der Waals surface area contributed by atoms with E-state index in [1.165, 1.54) is 25.7 Å². The molecule has 1 aliphatic rings. The third-order valence-corrected chi connectivity index (χ3v) is 2.83. The van der Waals surface area contributed by atoms with Crippen LogP contribution in [0.5, 0.6) is 0 Å². The Bertz CT molecular complexity index is 205. The first kappa shape index (κ1) is 12.9. The number of carboxylic acids is 1. The zero-order valence-electron chi connectivity index (χ0n) is 8.45. The number of aliphatic carboxylic acids is 1. The van der Waals surface area contributed by atoms with Gasteiger partial charge in [-0.15, -0.1) is 0 Å². The Labute approximate surface area is 83.7 Å². The Kier molecular flexibility index (Phi) is 5.52. The van der Waals surface area contributed by atoms with Gasteiger partial charge in [-0.25, -0.2) is 0 Å². The van der Waals surface area contributed by atoms with Crippen LogP contribution < -0.4 is 5.32 Å². The molecule has 2 N–H and O–H groups in total. The Morgan fingerprint density at radius 2 is 2.00 bits per heavy atom. The average molecular weight is 455 g/mol. The van der Waals surface area contributed by atoms with Crippen molar-refractivity contribution in [2.45, 2.75) is 44.6 Å². The van der Waals surface area contributed by atoms with E-state index in [2.05, 4.69) is 5.32 Å². The molecule has 0 unspecified atom stereocenters. The van der Waals surface area contributed by atoms with Crippen LogP contribution in [0.4, 0.5) is 0 Å². The Balaban J connectivity index is 0.00000196. The van der Waals surface area contributed by atoms with Crippen LogP contribution in [0, 0.1) is 5.92 Å². The standard InChI is InChI=1S/C10H16NO3.Fm/c12-7-11-9(10(13)14)6-8-4-2-1-3-5-8;/h8-9H,1-6H2,(H,11,12)(H,13,14);/q-1;/t9-;/m0./s1. The average Bonchev–Trinajstić information content (AvgIpc) is 2.18. The van der Waals surface area contributed by atoms with Gasteiger partial charge in [0.25, 0.3) is 0 Å². The van der Waals surface area contributed by atoms with Crippen LogP contribution in [-0.4, -0.2) is 23.5 Å². The van der Waals surface area contributed by atoms with Gasteiger partial charge in [-0.1, -0.05) is 32.1 Å². The van der Waals surface area contributed by atoms with Crippen molar-refractivity contribution in [1.29, 1.82) is 0 Å². The van der Waals surface area contributed by atoms with Crippen LogP contribution in [0.2, 0.25) is 0 Å². The minimum absolute atomic E-state index is 0. The smallest absolute Gasteiger partial charge is 0.323 e. The van der Waals surface area contributed by atoms with Crippen molar-refractivity contribution in [3.63, 3.8) is 0 Å². The predicted molar refractivity (Wildman–Crippen MR) is 51.4 cm³/mol. The quantitative estimate of drug-likeness (QED) is 0.482. The number of rotatable bonds is 5. The predicted octanol–water partition coefficient (Wildman–Crippen LogP) is 1.07. The van der Waals surface area contributed by atoms with Gasteiger partial charge >= 0.3 is 5.97 Å². The number of hydrogen-bond donors (Lipinski definition) is 2. The second-order valence-corrected chi connectivity index (χ2v) is 3.88. The van der Waals surface area contributed by atoms with E-state index < -0.39 is 12.0 Å². The van der Waals surface area contributed by atoms with Gasteiger partial charge in [0.1, 0.15) is 0 Å². The topological polar surface area (TPSA) is 66.4 Å². The molecule has 0 saturated heterocycles. The van der Waals surface area contributed by atoms with E-state index in [9.17, 15) is 9.59 Å². The van der Waals surface area contributed by atoms with E-state index in [1.807, 2.05) is 0 Å². The summed E-state index contributed by atoms with van der Waals surface area (Å²) < 4.78 is 0. The molecule has 1 fully saturated rings. The maximum absolute atomic E-state index is 10.7. The summed E-state index contributed by atoms with van der Waals surface area (Å²) in [5, 5.41) is 11.0. The van der Waals surface area contributed by atoms with Crippen molar-refractivity contribution in [1.82, 2.24) is 5.32 Å². The van der Waals surface area contributed by atoms with Crippen molar-refractivity contribution in [2.75, 3.05) is 0 Å². The SMILES string of the molecule is O=[C-]N[C@@H](CC1CCCCC1)C(=O)O.[Fm]. The molecule has 0 aromatic carbocycles. The number of amides is 1. The second kappa shape index (κ2) is 6.40. The van der Waals surface area contributed by atoms with Crippen molar-refractivity contribution >= 4 is 12.4 Å². The van der Waals surface area contributed by atoms with Crippen molar-refractivity contribution in [3.05, 3.63) is 0 Å². The molecule has 5 heteroatoms. The summed E-state index contributed by atoms with van der Waals surface area (Å²) in [4.78, 5) is 20.8. The molecule has 0 bridgehead atoms. The Hall–Kier alpha value is -2.06. The van der Waals surface area contributed by atoms with Gasteiger partial charge < -0.3 is 15.2 Å². The van der Waals surface area contributed by atoms with Crippen molar-refractivity contribution in [3.8, 4) is 0 Å². The van der Waals surface area contributed by atoms with Crippen LogP contribution >= 0.6 is 0 Å². The molecule has 4 nitrogen and oxygen atoms in total. The van der Waals surface area contributed by atoms with E-state index in [4.69, 9.17) is 5.11 Å². The summed E-state index contributed by atoms with van der Waals surface area (Å²) in [7, 11) is 0. The van der Waals surface area contributed by atoms with Crippen LogP contribution in [0.25, 0.3) is 0 Å². The summed E-state index contributed by atoms with van der Waals surface area (Å²) in [6, 6.07) is -0.754. The molecule has 0 aliphatic heterocycles. The monoisotopic (exact) mass is 455 g/mol. The summed E-state index contributed by atoms with van der Waals surface area (Å²) in [5.41, 5.74) is 0. The molecule has 0 heterocycles. The van der Waals surface area contributed by atoms with Crippen LogP contribution in [0.1, 0.15) is 38.5 Å². The molecule has 1 atom stereocenters. The maximum atomic E-state index is 10.7. The van der Waals surface area contributed by atoms with Crippen LogP contribution in [-0.2, 0) is 9.59 Å². The van der Waals surface area contributed by atoms with E-state index >= 15 is 0 Å². The van der Waals surface area contributed by atoms with Gasteiger partial charge in [-0.05, 0) is 12.3 Å². The van der Waals surface area contributed by atoms with Crippen molar-refractivity contribution in [2.24, 2.45) is 5.92 Å². The van der Waals surface area contributed by atoms with E-state index in [-0.39, 0.29) is 0 Å². The summed E-state index contributed by atoms with van der Waals surface area (Å²) in [6.07, 6.45) is 7.80. The fourth-order valence-corrected chi connectivity index (χ4v) is 2.05. The summed E-state index contributed by atoms with van der Waals surface area (Å²) in [6.45, 7) is 0. The second-order valence-electron chi connectivity index (χ2n) is 3.88. The number of carbonyl (C=O) groups is 1. The molecule has 1 saturated carbocycles. The first-order valence-corrected chi connectivity index (χ1v) is 5.09. The third kappa shape index (κ3) is 4.11. The van der Waals surface area contributed by atoms with Crippen LogP contribution in [0.15, 0.2) is 0 Å². The van der Waals surface area contributed by atoms with Gasteiger partial charge in [-0.2, -0.15) is 6.41 Å². The molecule has 15 heavy (non-hydrogen) atoms. The molecule has 0 radical (unpaired) electrons. The van der Waals surface area contributed by atoms with E-state index in [0.29, 0.717) is 12.3 Å². The van der Waals surface area contributed by atoms with E-state index in [0.717, 1.165) is 12.8 Å². The van der Waals surface area contributed by atoms with Crippen molar-refractivity contribution < 1.29 is 14.7 Å². The van der Waals surface area contributed by atoms with E-state index in [1.54, 1.807) is 0 Å². The van der Waals surface area contributed by atoms with Gasteiger partial charge in [0.05, 0.1) is 6.04 Å². The first-order valence-electron chi connectivity index (χ1n) is 5.09. The minimum Gasteiger partial charge on any atom is -0.520 e. The maximum Gasteiger partial charge on any atom is 0.323 e. The minimum atomic E-state index is -0.959. The van der Waals surface area contributed by atoms with Gasteiger partial charge in [0.15, 0.2) is 0 Å². The first-order chi connectivity index (χ1) is 6.74. The molecule has 92 valence electrons. The van der Waals surface area contributed by atoms with Gasteiger partial charge in [0.2, 0.25) is 0 Å². The summed E-state index contributed by atoms with van der Waals surface area (Å²) >= 11 is 0. The zero-order chi connectivity index (χ0) is 10.4. The molecule has 1 rings (SSSR count). The Morgan fingerprint density at radius 3 is 2.47 bits per heavy atom. The fourth-order valence-electron chi connectivity index (χ4n) is 2.05. The summed E-state index contributed by atoms with van der Waals surface area (Å²) in [5.74, 6) is -0.510. The molecular formula is C10H16FmNO3-. The van der Waals surface area contributed by atoms with Crippen LogP contribution in [0.3, 0.4) is 0 Å². The normalized spacial score (nSPS) is 18.7. The molecule has 1 aliphatic carbocycles. The molecular weight excluding hydrogens is 439 g/mol. The zero-order valence-corrected chi connectivity index (χ0v) is 10.9. The largest absolute Gasteiger partial charge is 0.520 e. The van der Waals surface area contributed by atoms with Gasteiger partial charge in [0, 0.05) is 0 Å². The molecule has 0 spiro atoms. The molecule has 1 amide bonds. The number of hydrogen-bond acceptors (Lipinski definition) is 2. The molecule has 0 aromatic rings. The number of carbonyl (C=O) groups excluding carboxylic acids is 1. The fraction of sp³-hybridized carbons (Fsp3) is 0.800. The van der Waals surface area contributed by atoms with Gasteiger partial charge in [-0.3, -0.25) is 4.79 Å². The third-order valence-electron chi connectivity index (χ3n) is 2.83. The molecule has 0 aromatic heterocycles. The number of nitrogens with one attached hydrogen (secondary N) is 1.